The van der Waals surface area contributed by atoms with Crippen LogP contribution in [0, 0.1) is 0 Å². The second kappa shape index (κ2) is 8.31. The van der Waals surface area contributed by atoms with Gasteiger partial charge in [0.2, 0.25) is 0 Å². The molecule has 0 N–H and O–H groups in total. The van der Waals surface area contributed by atoms with Gasteiger partial charge in [0, 0.05) is 20.6 Å². The molecule has 0 spiro atoms. The molecule has 0 radical (unpaired) electrons. The first-order valence-electron chi connectivity index (χ1n) is 9.19. The molecule has 1 aromatic heterocycles. The van der Waals surface area contributed by atoms with Gasteiger partial charge in [-0.25, -0.2) is 0 Å². The second-order valence-electron chi connectivity index (χ2n) is 7.23. The van der Waals surface area contributed by atoms with E-state index in [2.05, 4.69) is 0 Å². The summed E-state index contributed by atoms with van der Waals surface area (Å²) in [5.41, 5.74) is 0.0806. The van der Waals surface area contributed by atoms with E-state index >= 15 is 0 Å². The highest BCUT2D eigenvalue weighted by Gasteiger charge is 2.58. The van der Waals surface area contributed by atoms with E-state index in [1.54, 1.807) is 24.3 Å². The minimum atomic E-state index is -1.14. The largest absolute Gasteiger partial charge is 0.299 e. The number of hydrogen-bond acceptors (Lipinski definition) is 4. The number of nitrogens with zero attached hydrogens (tertiary/aromatic N) is 2. The van der Waals surface area contributed by atoms with Crippen LogP contribution in [0.25, 0.3) is 0 Å². The highest BCUT2D eigenvalue weighted by Crippen LogP contribution is 2.50. The molecule has 2 aliphatic rings. The van der Waals surface area contributed by atoms with E-state index in [0.717, 1.165) is 9.78 Å². The number of thiophene rings is 1. The first-order chi connectivity index (χ1) is 15.6. The van der Waals surface area contributed by atoms with Crippen LogP contribution in [-0.2, 0) is 4.79 Å². The van der Waals surface area contributed by atoms with Crippen molar-refractivity contribution in [3.63, 3.8) is 0 Å². The van der Waals surface area contributed by atoms with Gasteiger partial charge < -0.3 is 0 Å². The van der Waals surface area contributed by atoms with E-state index in [1.165, 1.54) is 22.3 Å². The van der Waals surface area contributed by atoms with Crippen molar-refractivity contribution in [2.45, 2.75) is 12.1 Å². The number of amides is 3. The number of anilines is 1. The summed E-state index contributed by atoms with van der Waals surface area (Å²) in [4.78, 5) is 43.1. The Kier molecular flexibility index (Phi) is 5.85. The van der Waals surface area contributed by atoms with Gasteiger partial charge in [0.1, 0.15) is 12.1 Å². The molecular weight excluding hydrogens is 573 g/mol. The van der Waals surface area contributed by atoms with E-state index < -0.39 is 29.8 Å². The molecular formula is C21H8Cl6N2O3S. The number of carbonyl (C=O) groups excluding carboxylic acids is 3. The molecule has 168 valence electrons. The third kappa shape index (κ3) is 3.39. The monoisotopic (exact) mass is 578 g/mol. The Morgan fingerprint density at radius 1 is 0.697 bits per heavy atom. The summed E-state index contributed by atoms with van der Waals surface area (Å²) in [6, 6.07) is 6.50. The third-order valence-electron chi connectivity index (χ3n) is 5.44. The Hall–Kier alpha value is -1.51. The summed E-state index contributed by atoms with van der Waals surface area (Å²) in [6.45, 7) is 0. The molecule has 2 aliphatic heterocycles. The molecule has 5 rings (SSSR count). The molecule has 3 amide bonds. The maximum absolute atomic E-state index is 13.4. The van der Waals surface area contributed by atoms with Crippen LogP contribution in [0.15, 0.2) is 35.7 Å². The number of carbonyl (C=O) groups is 3. The maximum atomic E-state index is 13.4. The normalized spacial score (nSPS) is 19.9. The van der Waals surface area contributed by atoms with Crippen LogP contribution in [0.3, 0.4) is 0 Å². The number of hydrogen-bond donors (Lipinski definition) is 0. The van der Waals surface area contributed by atoms with Crippen LogP contribution in [0.4, 0.5) is 5.69 Å². The summed E-state index contributed by atoms with van der Waals surface area (Å²) >= 11 is 38.3. The SMILES string of the molecule is O=C1c2c(Cl)c(Cl)c(Cl)c(Cl)c2C(=O)N1[C@@H]1C(=O)N(c2cc(Cl)cc(Cl)c2)[C@H]1c1cccs1. The summed E-state index contributed by atoms with van der Waals surface area (Å²) in [5.74, 6) is -2.04. The van der Waals surface area contributed by atoms with Gasteiger partial charge >= 0.3 is 0 Å². The minimum Gasteiger partial charge on any atom is -0.299 e. The van der Waals surface area contributed by atoms with Crippen LogP contribution in [-0.4, -0.2) is 28.7 Å². The summed E-state index contributed by atoms with van der Waals surface area (Å²) in [7, 11) is 0. The zero-order chi connectivity index (χ0) is 23.8. The Morgan fingerprint density at radius 2 is 1.24 bits per heavy atom. The van der Waals surface area contributed by atoms with Gasteiger partial charge in [0.15, 0.2) is 0 Å². The molecule has 1 fully saturated rings. The lowest BCUT2D eigenvalue weighted by Crippen LogP contribution is -2.67. The van der Waals surface area contributed by atoms with Gasteiger partial charge in [0.25, 0.3) is 17.7 Å². The van der Waals surface area contributed by atoms with Crippen LogP contribution in [0.1, 0.15) is 31.6 Å². The predicted octanol–water partition coefficient (Wildman–Crippen LogP) is 7.42. The quantitative estimate of drug-likeness (QED) is 0.140. The van der Waals surface area contributed by atoms with Crippen molar-refractivity contribution in [2.75, 3.05) is 4.90 Å². The average molecular weight is 581 g/mol. The summed E-state index contributed by atoms with van der Waals surface area (Å²) in [6.07, 6.45) is 0. The van der Waals surface area contributed by atoms with E-state index in [-0.39, 0.29) is 31.2 Å². The van der Waals surface area contributed by atoms with Gasteiger partial charge in [-0.3, -0.25) is 24.2 Å². The fourth-order valence-corrected chi connectivity index (χ4v) is 6.43. The lowest BCUT2D eigenvalue weighted by atomic mass is 9.90. The average Bonchev–Trinajstić information content (AvgIpc) is 3.36. The van der Waals surface area contributed by atoms with Crippen LogP contribution in [0.5, 0.6) is 0 Å². The van der Waals surface area contributed by atoms with Crippen LogP contribution in [0.2, 0.25) is 30.1 Å². The van der Waals surface area contributed by atoms with E-state index in [0.29, 0.717) is 15.7 Å². The summed E-state index contributed by atoms with van der Waals surface area (Å²) < 4.78 is 0. The van der Waals surface area contributed by atoms with Gasteiger partial charge in [-0.15, -0.1) is 11.3 Å². The molecule has 3 heterocycles. The van der Waals surface area contributed by atoms with Crippen molar-refractivity contribution >= 4 is 104 Å². The number of β-lactam (4-membered cyclic amide) rings is 1. The highest BCUT2D eigenvalue weighted by molar-refractivity contribution is 7.10. The Balaban J connectivity index is 1.63. The van der Waals surface area contributed by atoms with Gasteiger partial charge in [-0.1, -0.05) is 75.7 Å². The number of imide groups is 1. The zero-order valence-electron chi connectivity index (χ0n) is 15.9. The topological polar surface area (TPSA) is 57.7 Å². The fourth-order valence-electron chi connectivity index (χ4n) is 4.05. The molecule has 1 saturated heterocycles. The van der Waals surface area contributed by atoms with E-state index in [1.807, 2.05) is 5.38 Å². The lowest BCUT2D eigenvalue weighted by Gasteiger charge is -2.49. The van der Waals surface area contributed by atoms with Crippen LogP contribution < -0.4 is 4.90 Å². The van der Waals surface area contributed by atoms with Crippen molar-refractivity contribution in [1.29, 1.82) is 0 Å². The summed E-state index contributed by atoms with van der Waals surface area (Å²) in [5, 5.41) is 1.82. The smallest absolute Gasteiger partial charge is 0.264 e. The number of fused-ring (bicyclic) bond motifs is 1. The van der Waals surface area contributed by atoms with Crippen molar-refractivity contribution in [3.8, 4) is 0 Å². The van der Waals surface area contributed by atoms with Crippen molar-refractivity contribution < 1.29 is 14.4 Å². The third-order valence-corrected chi connectivity index (χ3v) is 8.62. The number of benzene rings is 2. The molecule has 0 aliphatic carbocycles. The van der Waals surface area contributed by atoms with Crippen molar-refractivity contribution in [2.24, 2.45) is 0 Å². The van der Waals surface area contributed by atoms with Gasteiger partial charge in [0.05, 0.1) is 31.2 Å². The molecule has 0 bridgehead atoms. The standard InChI is InChI=1S/C21H8Cl6N2O3S/c22-7-4-8(23)6-9(5-7)28-17(10-2-1-3-33-10)18(21(28)32)29-19(30)11-12(20(29)31)14(25)16(27)15(26)13(11)24/h1-6,17-18H/t17-,18-/m0/s1. The van der Waals surface area contributed by atoms with E-state index in [9.17, 15) is 14.4 Å². The Morgan fingerprint density at radius 3 is 1.73 bits per heavy atom. The Bertz CT molecular complexity index is 1310. The molecule has 5 nitrogen and oxygen atoms in total. The van der Waals surface area contributed by atoms with Gasteiger partial charge in [-0.05, 0) is 29.6 Å². The molecule has 2 aromatic carbocycles. The fraction of sp³-hybridized carbons (Fsp3) is 0.0952. The first kappa shape index (κ1) is 23.2. The second-order valence-corrected chi connectivity index (χ2v) is 10.6. The van der Waals surface area contributed by atoms with Crippen molar-refractivity contribution in [1.82, 2.24) is 4.90 Å². The lowest BCUT2D eigenvalue weighted by molar-refractivity contribution is -0.130. The van der Waals surface area contributed by atoms with Crippen molar-refractivity contribution in [3.05, 3.63) is 81.9 Å². The number of halogens is 6. The number of rotatable bonds is 3. The maximum Gasteiger partial charge on any atom is 0.264 e. The molecule has 0 saturated carbocycles. The molecule has 12 heteroatoms. The molecule has 3 aromatic rings. The minimum absolute atomic E-state index is 0.143. The molecule has 0 unspecified atom stereocenters. The zero-order valence-corrected chi connectivity index (χ0v) is 21.3. The van der Waals surface area contributed by atoms with Gasteiger partial charge in [-0.2, -0.15) is 0 Å². The molecule has 33 heavy (non-hydrogen) atoms. The van der Waals surface area contributed by atoms with E-state index in [4.69, 9.17) is 69.6 Å². The molecule has 2 atom stereocenters. The Labute approximate surface area is 221 Å². The highest BCUT2D eigenvalue weighted by atomic mass is 35.5. The predicted molar refractivity (Wildman–Crippen MR) is 132 cm³/mol. The van der Waals surface area contributed by atoms with Crippen LogP contribution >= 0.6 is 80.9 Å². The first-order valence-corrected chi connectivity index (χ1v) is 12.3.